The Morgan fingerprint density at radius 2 is 1.36 bits per heavy atom. The average Bonchev–Trinajstić information content (AvgIpc) is 2.61. The van der Waals surface area contributed by atoms with E-state index in [1.54, 1.807) is 55.4 Å². The second-order valence-electron chi connectivity index (χ2n) is 8.57. The third-order valence-corrected chi connectivity index (χ3v) is 3.33. The Balaban J connectivity index is 0.000000684. The predicted molar refractivity (Wildman–Crippen MR) is 119 cm³/mol. The highest BCUT2D eigenvalue weighted by Crippen LogP contribution is 2.21. The number of ether oxygens (including phenoxy) is 4. The summed E-state index contributed by atoms with van der Waals surface area (Å²) in [6, 6.07) is 2.89. The molecule has 11 heteroatoms. The maximum atomic E-state index is 12.1. The van der Waals surface area contributed by atoms with E-state index in [1.165, 1.54) is 12.1 Å². The van der Waals surface area contributed by atoms with Gasteiger partial charge in [-0.2, -0.15) is 5.10 Å². The Morgan fingerprint density at radius 1 is 0.818 bits per heavy atom. The van der Waals surface area contributed by atoms with Gasteiger partial charge in [0.25, 0.3) is 0 Å². The second-order valence-corrected chi connectivity index (χ2v) is 8.95. The Bertz CT molecular complexity index is 798. The van der Waals surface area contributed by atoms with Crippen molar-refractivity contribution in [3.8, 4) is 0 Å². The van der Waals surface area contributed by atoms with Crippen LogP contribution < -0.4 is 0 Å². The maximum Gasteiger partial charge on any atom is 0.327 e. The molecule has 0 bridgehead atoms. The number of esters is 4. The Labute approximate surface area is 199 Å². The van der Waals surface area contributed by atoms with Gasteiger partial charge in [0.15, 0.2) is 11.1 Å². The lowest BCUT2D eigenvalue weighted by molar-refractivity contribution is -0.165. The van der Waals surface area contributed by atoms with Gasteiger partial charge in [-0.3, -0.25) is 19.2 Å². The number of halogens is 1. The van der Waals surface area contributed by atoms with Gasteiger partial charge in [-0.1, -0.05) is 11.6 Å². The molecule has 1 heterocycles. The third-order valence-electron chi connectivity index (χ3n) is 3.13. The SMILES string of the molecule is CCOC(=O)C(C(=O)OC(C)(C)C)c1ccc(Cl)nn1.CCOC(=O)CC(=O)OC(C)(C)C. The van der Waals surface area contributed by atoms with Gasteiger partial charge < -0.3 is 18.9 Å². The molecule has 0 fully saturated rings. The fourth-order valence-corrected chi connectivity index (χ4v) is 2.21. The van der Waals surface area contributed by atoms with Gasteiger partial charge in [-0.05, 0) is 67.5 Å². The first-order chi connectivity index (χ1) is 15.1. The molecule has 0 N–H and O–H groups in total. The van der Waals surface area contributed by atoms with Crippen molar-refractivity contribution in [2.24, 2.45) is 0 Å². The van der Waals surface area contributed by atoms with Crippen LogP contribution in [0.4, 0.5) is 0 Å². The summed E-state index contributed by atoms with van der Waals surface area (Å²) in [5.74, 6) is -3.81. The summed E-state index contributed by atoms with van der Waals surface area (Å²) in [7, 11) is 0. The van der Waals surface area contributed by atoms with Crippen LogP contribution in [-0.4, -0.2) is 58.5 Å². The second kappa shape index (κ2) is 13.7. The standard InChI is InChI=1S/C13H17ClN2O4.C9H16O4/c1-5-19-11(17)10(12(18)20-13(2,3)4)8-6-7-9(14)16-15-8;1-5-12-7(10)6-8(11)13-9(2,3)4/h6-7,10H,5H2,1-4H3;5-6H2,1-4H3. The number of aromatic nitrogens is 2. The van der Waals surface area contributed by atoms with Crippen molar-refractivity contribution in [3.05, 3.63) is 23.0 Å². The largest absolute Gasteiger partial charge is 0.466 e. The summed E-state index contributed by atoms with van der Waals surface area (Å²) in [5.41, 5.74) is -1.13. The van der Waals surface area contributed by atoms with Gasteiger partial charge in [0.1, 0.15) is 17.6 Å². The lowest BCUT2D eigenvalue weighted by Gasteiger charge is -2.22. The van der Waals surface area contributed by atoms with E-state index < -0.39 is 41.0 Å². The van der Waals surface area contributed by atoms with Crippen LogP contribution in [-0.2, 0) is 38.1 Å². The number of hydrogen-bond donors (Lipinski definition) is 0. The Kier molecular flexibility index (Phi) is 12.6. The Hall–Kier alpha value is -2.75. The topological polar surface area (TPSA) is 131 Å². The highest BCUT2D eigenvalue weighted by atomic mass is 35.5. The van der Waals surface area contributed by atoms with E-state index >= 15 is 0 Å². The minimum Gasteiger partial charge on any atom is -0.466 e. The molecule has 0 spiro atoms. The molecule has 186 valence electrons. The number of carbonyl (C=O) groups excluding carboxylic acids is 4. The van der Waals surface area contributed by atoms with Crippen LogP contribution in [0.1, 0.15) is 73.4 Å². The normalized spacial score (nSPS) is 11.9. The van der Waals surface area contributed by atoms with Crippen LogP contribution in [0.3, 0.4) is 0 Å². The summed E-state index contributed by atoms with van der Waals surface area (Å²) in [6.07, 6.45) is -0.314. The van der Waals surface area contributed by atoms with Crippen LogP contribution in [0.25, 0.3) is 0 Å². The van der Waals surface area contributed by atoms with Gasteiger partial charge in [0.2, 0.25) is 0 Å². The fraction of sp³-hybridized carbons (Fsp3) is 0.636. The van der Waals surface area contributed by atoms with Crippen molar-refractivity contribution in [1.29, 1.82) is 0 Å². The van der Waals surface area contributed by atoms with E-state index in [4.69, 9.17) is 25.8 Å². The molecule has 0 amide bonds. The molecule has 1 aromatic heterocycles. The van der Waals surface area contributed by atoms with E-state index in [0.29, 0.717) is 0 Å². The minimum atomic E-state index is -1.26. The molecule has 0 saturated carbocycles. The molecule has 0 radical (unpaired) electrons. The van der Waals surface area contributed by atoms with Crippen molar-refractivity contribution in [1.82, 2.24) is 10.2 Å². The zero-order chi connectivity index (χ0) is 25.8. The van der Waals surface area contributed by atoms with E-state index in [2.05, 4.69) is 14.9 Å². The lowest BCUT2D eigenvalue weighted by atomic mass is 10.1. The van der Waals surface area contributed by atoms with E-state index in [0.717, 1.165) is 0 Å². The smallest absolute Gasteiger partial charge is 0.327 e. The van der Waals surface area contributed by atoms with Gasteiger partial charge in [0, 0.05) is 0 Å². The molecule has 1 rings (SSSR count). The first-order valence-corrected chi connectivity index (χ1v) is 10.7. The maximum absolute atomic E-state index is 12.1. The lowest BCUT2D eigenvalue weighted by Crippen LogP contribution is -2.33. The van der Waals surface area contributed by atoms with Gasteiger partial charge in [-0.25, -0.2) is 0 Å². The summed E-state index contributed by atoms with van der Waals surface area (Å²) < 4.78 is 19.6. The number of rotatable bonds is 7. The Morgan fingerprint density at radius 3 is 1.79 bits per heavy atom. The molecule has 0 saturated heterocycles. The molecule has 0 aliphatic rings. The zero-order valence-electron chi connectivity index (χ0n) is 20.4. The van der Waals surface area contributed by atoms with Gasteiger partial charge >= 0.3 is 23.9 Å². The zero-order valence-corrected chi connectivity index (χ0v) is 21.1. The molecule has 1 atom stereocenters. The van der Waals surface area contributed by atoms with Crippen LogP contribution in [0.5, 0.6) is 0 Å². The number of hydrogen-bond acceptors (Lipinski definition) is 10. The highest BCUT2D eigenvalue weighted by Gasteiger charge is 2.35. The summed E-state index contributed by atoms with van der Waals surface area (Å²) in [5, 5.41) is 7.54. The van der Waals surface area contributed by atoms with Crippen molar-refractivity contribution >= 4 is 35.5 Å². The number of carbonyl (C=O) groups is 4. The van der Waals surface area contributed by atoms with Crippen LogP contribution >= 0.6 is 11.6 Å². The quantitative estimate of drug-likeness (QED) is 0.319. The molecule has 1 aromatic rings. The van der Waals surface area contributed by atoms with E-state index in [9.17, 15) is 19.2 Å². The van der Waals surface area contributed by atoms with Crippen molar-refractivity contribution in [3.63, 3.8) is 0 Å². The first-order valence-electron chi connectivity index (χ1n) is 10.4. The van der Waals surface area contributed by atoms with Gasteiger partial charge in [0.05, 0.1) is 18.9 Å². The molecule has 0 aromatic carbocycles. The van der Waals surface area contributed by atoms with E-state index in [-0.39, 0.29) is 30.5 Å². The van der Waals surface area contributed by atoms with Gasteiger partial charge in [-0.15, -0.1) is 5.10 Å². The summed E-state index contributed by atoms with van der Waals surface area (Å²) in [4.78, 5) is 45.9. The monoisotopic (exact) mass is 488 g/mol. The summed E-state index contributed by atoms with van der Waals surface area (Å²) >= 11 is 5.64. The summed E-state index contributed by atoms with van der Waals surface area (Å²) in [6.45, 7) is 14.1. The molecule has 0 aliphatic heterocycles. The average molecular weight is 489 g/mol. The van der Waals surface area contributed by atoms with Crippen molar-refractivity contribution in [2.45, 2.75) is 78.9 Å². The molecular formula is C22H33ClN2O8. The highest BCUT2D eigenvalue weighted by molar-refractivity contribution is 6.29. The number of nitrogens with zero attached hydrogens (tertiary/aromatic N) is 2. The van der Waals surface area contributed by atoms with Crippen molar-refractivity contribution in [2.75, 3.05) is 13.2 Å². The minimum absolute atomic E-state index is 0.141. The third kappa shape index (κ3) is 14.1. The predicted octanol–water partition coefficient (Wildman–Crippen LogP) is 3.40. The first kappa shape index (κ1) is 30.2. The van der Waals surface area contributed by atoms with Crippen LogP contribution in [0, 0.1) is 0 Å². The van der Waals surface area contributed by atoms with Crippen LogP contribution in [0.15, 0.2) is 12.1 Å². The van der Waals surface area contributed by atoms with E-state index in [1.807, 2.05) is 0 Å². The molecular weight excluding hydrogens is 456 g/mol. The molecule has 10 nitrogen and oxygen atoms in total. The molecule has 33 heavy (non-hydrogen) atoms. The fourth-order valence-electron chi connectivity index (χ4n) is 2.11. The van der Waals surface area contributed by atoms with Crippen LogP contribution in [0.2, 0.25) is 5.15 Å². The molecule has 0 aliphatic carbocycles. The van der Waals surface area contributed by atoms with Crippen molar-refractivity contribution < 1.29 is 38.1 Å². The molecule has 1 unspecified atom stereocenters.